The second-order valence-corrected chi connectivity index (χ2v) is 7.33. The van der Waals surface area contributed by atoms with Crippen LogP contribution < -0.4 is 20.3 Å². The molecule has 30 heavy (non-hydrogen) atoms. The van der Waals surface area contributed by atoms with Gasteiger partial charge in [-0.25, -0.2) is 4.39 Å². The average Bonchev–Trinajstić information content (AvgIpc) is 2.80. The van der Waals surface area contributed by atoms with Gasteiger partial charge in [0, 0.05) is 46.3 Å². The van der Waals surface area contributed by atoms with Gasteiger partial charge >= 0.3 is 0 Å². The van der Waals surface area contributed by atoms with Crippen molar-refractivity contribution < 1.29 is 9.13 Å². The summed E-state index contributed by atoms with van der Waals surface area (Å²) < 4.78 is 19.1. The van der Waals surface area contributed by atoms with Crippen LogP contribution >= 0.6 is 0 Å². The Balaban J connectivity index is 1.32. The van der Waals surface area contributed by atoms with E-state index in [1.165, 1.54) is 11.6 Å². The van der Waals surface area contributed by atoms with Crippen molar-refractivity contribution in [1.29, 1.82) is 0 Å². The summed E-state index contributed by atoms with van der Waals surface area (Å²) in [6.07, 6.45) is 1.03. The number of nitrogens with zero attached hydrogens (tertiary/aromatic N) is 3. The summed E-state index contributed by atoms with van der Waals surface area (Å²) in [6, 6.07) is 15.0. The average molecular weight is 414 g/mol. The van der Waals surface area contributed by atoms with E-state index >= 15 is 0 Å². The zero-order valence-electron chi connectivity index (χ0n) is 17.9. The van der Waals surface area contributed by atoms with Crippen LogP contribution in [0.15, 0.2) is 53.5 Å². The summed E-state index contributed by atoms with van der Waals surface area (Å²) in [5, 5.41) is 6.70. The molecule has 1 fully saturated rings. The van der Waals surface area contributed by atoms with Crippen LogP contribution in [0.4, 0.5) is 10.1 Å². The van der Waals surface area contributed by atoms with Crippen LogP contribution in [0.5, 0.6) is 5.75 Å². The predicted octanol–water partition coefficient (Wildman–Crippen LogP) is 2.71. The van der Waals surface area contributed by atoms with E-state index in [4.69, 9.17) is 4.74 Å². The highest BCUT2D eigenvalue weighted by molar-refractivity contribution is 5.79. The highest BCUT2D eigenvalue weighted by Gasteiger charge is 2.18. The van der Waals surface area contributed by atoms with Crippen LogP contribution in [0.2, 0.25) is 0 Å². The molecule has 0 unspecified atom stereocenters. The van der Waals surface area contributed by atoms with E-state index in [0.29, 0.717) is 12.2 Å². The van der Waals surface area contributed by atoms with E-state index in [1.54, 1.807) is 20.2 Å². The molecule has 1 heterocycles. The molecule has 0 aromatic heterocycles. The van der Waals surface area contributed by atoms with Gasteiger partial charge in [-0.1, -0.05) is 24.3 Å². The molecule has 1 saturated heterocycles. The van der Waals surface area contributed by atoms with Gasteiger partial charge in [-0.05, 0) is 42.8 Å². The molecular weight excluding hydrogens is 381 g/mol. The van der Waals surface area contributed by atoms with Crippen molar-refractivity contribution in [1.82, 2.24) is 15.5 Å². The van der Waals surface area contributed by atoms with E-state index in [0.717, 1.165) is 57.4 Å². The minimum Gasteiger partial charge on any atom is -0.497 e. The zero-order chi connectivity index (χ0) is 21.2. The van der Waals surface area contributed by atoms with Gasteiger partial charge < -0.3 is 20.3 Å². The number of aliphatic imine (C=N–C) groups is 1. The van der Waals surface area contributed by atoms with Gasteiger partial charge in [0.25, 0.3) is 0 Å². The Morgan fingerprint density at radius 3 is 2.43 bits per heavy atom. The molecule has 0 radical (unpaired) electrons. The quantitative estimate of drug-likeness (QED) is 0.396. The van der Waals surface area contributed by atoms with Crippen molar-refractivity contribution in [2.45, 2.75) is 13.0 Å². The molecule has 0 aliphatic carbocycles. The molecule has 0 amide bonds. The van der Waals surface area contributed by atoms with Gasteiger partial charge in [0.15, 0.2) is 5.96 Å². The first-order chi connectivity index (χ1) is 14.7. The Hall–Kier alpha value is -2.80. The first-order valence-electron chi connectivity index (χ1n) is 10.5. The molecule has 162 valence electrons. The maximum Gasteiger partial charge on any atom is 0.191 e. The number of piperazine rings is 1. The number of rotatable bonds is 8. The van der Waals surface area contributed by atoms with E-state index in [9.17, 15) is 4.39 Å². The van der Waals surface area contributed by atoms with Crippen molar-refractivity contribution >= 4 is 11.6 Å². The minimum absolute atomic E-state index is 0.135. The summed E-state index contributed by atoms with van der Waals surface area (Å²) in [4.78, 5) is 8.86. The van der Waals surface area contributed by atoms with Crippen LogP contribution in [-0.2, 0) is 6.54 Å². The topological polar surface area (TPSA) is 52.1 Å². The van der Waals surface area contributed by atoms with Crippen molar-refractivity contribution in [3.63, 3.8) is 0 Å². The SMILES string of the molecule is CN=C(NCCCN1CCN(c2ccccc2F)CC1)NCc1ccc(OC)cc1. The Bertz CT molecular complexity index is 803. The smallest absolute Gasteiger partial charge is 0.191 e. The molecule has 2 N–H and O–H groups in total. The van der Waals surface area contributed by atoms with Crippen LogP contribution in [0.3, 0.4) is 0 Å². The number of anilines is 1. The summed E-state index contributed by atoms with van der Waals surface area (Å²) in [6.45, 7) is 6.22. The Kier molecular flexibility index (Phi) is 8.32. The molecular formula is C23H32FN5O. The lowest BCUT2D eigenvalue weighted by Crippen LogP contribution is -2.47. The lowest BCUT2D eigenvalue weighted by atomic mass is 10.2. The molecule has 6 nitrogen and oxygen atoms in total. The number of hydrogen-bond acceptors (Lipinski definition) is 4. The zero-order valence-corrected chi connectivity index (χ0v) is 17.9. The third-order valence-electron chi connectivity index (χ3n) is 5.35. The first kappa shape index (κ1) is 21.9. The molecule has 0 saturated carbocycles. The van der Waals surface area contributed by atoms with Crippen LogP contribution in [0.1, 0.15) is 12.0 Å². The number of hydrogen-bond donors (Lipinski definition) is 2. The van der Waals surface area contributed by atoms with Crippen molar-refractivity contribution in [3.8, 4) is 5.75 Å². The van der Waals surface area contributed by atoms with E-state index in [2.05, 4.69) is 25.4 Å². The van der Waals surface area contributed by atoms with Gasteiger partial charge in [-0.2, -0.15) is 0 Å². The van der Waals surface area contributed by atoms with Crippen LogP contribution in [0, 0.1) is 5.82 Å². The predicted molar refractivity (Wildman–Crippen MR) is 121 cm³/mol. The fraction of sp³-hybridized carbons (Fsp3) is 0.435. The maximum atomic E-state index is 13.9. The number of nitrogens with one attached hydrogen (secondary N) is 2. The van der Waals surface area contributed by atoms with Crippen LogP contribution in [0.25, 0.3) is 0 Å². The number of methoxy groups -OCH3 is 1. The largest absolute Gasteiger partial charge is 0.497 e. The normalized spacial score (nSPS) is 15.2. The van der Waals surface area contributed by atoms with E-state index < -0.39 is 0 Å². The lowest BCUT2D eigenvalue weighted by molar-refractivity contribution is 0.254. The summed E-state index contributed by atoms with van der Waals surface area (Å²) in [5.41, 5.74) is 1.89. The number of guanidine groups is 1. The third kappa shape index (κ3) is 6.35. The number of benzene rings is 2. The van der Waals surface area contributed by atoms with Gasteiger partial charge in [-0.15, -0.1) is 0 Å². The molecule has 3 rings (SSSR count). The number of para-hydroxylation sites is 1. The van der Waals surface area contributed by atoms with E-state index in [-0.39, 0.29) is 5.82 Å². The Morgan fingerprint density at radius 1 is 1.03 bits per heavy atom. The van der Waals surface area contributed by atoms with Crippen molar-refractivity contribution in [2.75, 3.05) is 58.3 Å². The molecule has 7 heteroatoms. The Labute approximate surface area is 178 Å². The van der Waals surface area contributed by atoms with Crippen molar-refractivity contribution in [2.24, 2.45) is 4.99 Å². The second kappa shape index (κ2) is 11.4. The van der Waals surface area contributed by atoms with Crippen molar-refractivity contribution in [3.05, 3.63) is 59.9 Å². The second-order valence-electron chi connectivity index (χ2n) is 7.33. The standard InChI is InChI=1S/C23H32FN5O/c1-25-23(27-18-19-8-10-20(30-2)11-9-19)26-12-5-13-28-14-16-29(17-15-28)22-7-4-3-6-21(22)24/h3-4,6-11H,5,12-18H2,1-2H3,(H2,25,26,27). The van der Waals surface area contributed by atoms with Crippen LogP contribution in [-0.4, -0.2) is 64.3 Å². The van der Waals surface area contributed by atoms with Gasteiger partial charge in [0.1, 0.15) is 11.6 Å². The third-order valence-corrected chi connectivity index (χ3v) is 5.35. The summed E-state index contributed by atoms with van der Waals surface area (Å²) >= 11 is 0. The molecule has 2 aromatic carbocycles. The number of halogens is 1. The Morgan fingerprint density at radius 2 is 1.77 bits per heavy atom. The number of ether oxygens (including phenoxy) is 1. The minimum atomic E-state index is -0.135. The molecule has 1 aliphatic rings. The first-order valence-corrected chi connectivity index (χ1v) is 10.5. The molecule has 0 bridgehead atoms. The highest BCUT2D eigenvalue weighted by Crippen LogP contribution is 2.20. The molecule has 1 aliphatic heterocycles. The van der Waals surface area contributed by atoms with Gasteiger partial charge in [0.05, 0.1) is 12.8 Å². The summed E-state index contributed by atoms with van der Waals surface area (Å²) in [5.74, 6) is 1.52. The fourth-order valence-electron chi connectivity index (χ4n) is 3.58. The molecule has 0 atom stereocenters. The highest BCUT2D eigenvalue weighted by atomic mass is 19.1. The monoisotopic (exact) mass is 413 g/mol. The van der Waals surface area contributed by atoms with E-state index in [1.807, 2.05) is 36.4 Å². The van der Waals surface area contributed by atoms with Gasteiger partial charge in [0.2, 0.25) is 0 Å². The molecule has 2 aromatic rings. The molecule has 0 spiro atoms. The lowest BCUT2D eigenvalue weighted by Gasteiger charge is -2.36. The maximum absolute atomic E-state index is 13.9. The van der Waals surface area contributed by atoms with Gasteiger partial charge in [-0.3, -0.25) is 9.89 Å². The fourth-order valence-corrected chi connectivity index (χ4v) is 3.58. The summed E-state index contributed by atoms with van der Waals surface area (Å²) in [7, 11) is 3.45.